The quantitative estimate of drug-likeness (QED) is 0.860. The zero-order valence-corrected chi connectivity index (χ0v) is 11.0. The van der Waals surface area contributed by atoms with Gasteiger partial charge in [-0.15, -0.1) is 12.4 Å². The molecule has 1 aliphatic heterocycles. The second kappa shape index (κ2) is 5.66. The van der Waals surface area contributed by atoms with E-state index in [1.807, 2.05) is 18.8 Å². The van der Waals surface area contributed by atoms with Crippen LogP contribution in [0.25, 0.3) is 0 Å². The minimum absolute atomic E-state index is 0. The van der Waals surface area contributed by atoms with Crippen molar-refractivity contribution in [3.05, 3.63) is 17.5 Å². The predicted molar refractivity (Wildman–Crippen MR) is 67.9 cm³/mol. The molecule has 1 aromatic heterocycles. The monoisotopic (exact) mass is 244 g/mol. The number of hydrogen-bond acceptors (Lipinski definition) is 3. The van der Waals surface area contributed by atoms with E-state index in [4.69, 9.17) is 0 Å². The van der Waals surface area contributed by atoms with Crippen molar-refractivity contribution < 1.29 is 0 Å². The summed E-state index contributed by atoms with van der Waals surface area (Å²) in [6.07, 6.45) is 3.39. The molecule has 2 heterocycles. The maximum absolute atomic E-state index is 4.37. The van der Waals surface area contributed by atoms with Gasteiger partial charge in [-0.2, -0.15) is 5.10 Å². The molecule has 5 heteroatoms. The molecule has 1 saturated heterocycles. The van der Waals surface area contributed by atoms with E-state index in [2.05, 4.69) is 28.4 Å². The molecule has 0 saturated carbocycles. The van der Waals surface area contributed by atoms with Gasteiger partial charge in [-0.25, -0.2) is 0 Å². The van der Waals surface area contributed by atoms with E-state index in [1.165, 1.54) is 18.5 Å². The van der Waals surface area contributed by atoms with Gasteiger partial charge in [0.05, 0.1) is 5.69 Å². The van der Waals surface area contributed by atoms with E-state index in [0.717, 1.165) is 18.8 Å². The molecular formula is C11H21ClN4. The zero-order chi connectivity index (χ0) is 10.8. The number of nitrogens with zero attached hydrogens (tertiary/aromatic N) is 3. The van der Waals surface area contributed by atoms with Crippen LogP contribution in [0.15, 0.2) is 6.20 Å². The third kappa shape index (κ3) is 2.97. The highest BCUT2D eigenvalue weighted by Gasteiger charge is 2.21. The molecule has 0 aliphatic carbocycles. The van der Waals surface area contributed by atoms with Crippen molar-refractivity contribution in [3.63, 3.8) is 0 Å². The fraction of sp³-hybridized carbons (Fsp3) is 0.727. The number of aromatic nitrogens is 2. The Hall–Kier alpha value is -0.580. The molecular weight excluding hydrogens is 224 g/mol. The van der Waals surface area contributed by atoms with Gasteiger partial charge in [0.1, 0.15) is 0 Å². The van der Waals surface area contributed by atoms with Crippen LogP contribution in [0.5, 0.6) is 0 Å². The Labute approximate surface area is 103 Å². The Balaban J connectivity index is 0.00000128. The molecule has 1 atom stereocenters. The summed E-state index contributed by atoms with van der Waals surface area (Å²) in [7, 11) is 4.03. The molecule has 0 amide bonds. The van der Waals surface area contributed by atoms with Crippen LogP contribution in [0.4, 0.5) is 0 Å². The van der Waals surface area contributed by atoms with Crippen molar-refractivity contribution in [1.29, 1.82) is 0 Å². The van der Waals surface area contributed by atoms with Gasteiger partial charge in [0, 0.05) is 44.5 Å². The molecule has 1 aliphatic rings. The third-order valence-electron chi connectivity index (χ3n) is 3.19. The van der Waals surface area contributed by atoms with Crippen molar-refractivity contribution >= 4 is 12.4 Å². The Morgan fingerprint density at radius 2 is 2.31 bits per heavy atom. The van der Waals surface area contributed by atoms with Crippen molar-refractivity contribution in [2.45, 2.75) is 25.9 Å². The SMILES string of the molecule is CNC1CCN(Cc2cn(C)nc2C)C1.Cl. The molecule has 1 N–H and O–H groups in total. The van der Waals surface area contributed by atoms with E-state index in [0.29, 0.717) is 6.04 Å². The highest BCUT2D eigenvalue weighted by atomic mass is 35.5. The second-order valence-electron chi connectivity index (χ2n) is 4.42. The Kier molecular flexibility index (Phi) is 4.77. The molecule has 0 bridgehead atoms. The van der Waals surface area contributed by atoms with Gasteiger partial charge in [-0.1, -0.05) is 0 Å². The van der Waals surface area contributed by atoms with E-state index in [-0.39, 0.29) is 12.4 Å². The Morgan fingerprint density at radius 3 is 2.81 bits per heavy atom. The topological polar surface area (TPSA) is 33.1 Å². The van der Waals surface area contributed by atoms with Gasteiger partial charge in [0.2, 0.25) is 0 Å². The van der Waals surface area contributed by atoms with Gasteiger partial charge in [-0.3, -0.25) is 9.58 Å². The van der Waals surface area contributed by atoms with E-state index < -0.39 is 0 Å². The van der Waals surface area contributed by atoms with Crippen molar-refractivity contribution in [2.24, 2.45) is 7.05 Å². The van der Waals surface area contributed by atoms with Crippen LogP contribution >= 0.6 is 12.4 Å². The summed E-state index contributed by atoms with van der Waals surface area (Å²) in [5.74, 6) is 0. The Morgan fingerprint density at radius 1 is 1.56 bits per heavy atom. The lowest BCUT2D eigenvalue weighted by atomic mass is 10.2. The minimum atomic E-state index is 0. The van der Waals surface area contributed by atoms with Gasteiger partial charge < -0.3 is 5.32 Å². The van der Waals surface area contributed by atoms with Crippen LogP contribution < -0.4 is 5.32 Å². The van der Waals surface area contributed by atoms with Gasteiger partial charge in [-0.05, 0) is 20.4 Å². The van der Waals surface area contributed by atoms with Crippen LogP contribution in [0, 0.1) is 6.92 Å². The van der Waals surface area contributed by atoms with Crippen LogP contribution in [0.2, 0.25) is 0 Å². The molecule has 1 fully saturated rings. The fourth-order valence-electron chi connectivity index (χ4n) is 2.26. The number of nitrogens with one attached hydrogen (secondary N) is 1. The lowest BCUT2D eigenvalue weighted by molar-refractivity contribution is 0.321. The maximum atomic E-state index is 4.37. The molecule has 0 spiro atoms. The second-order valence-corrected chi connectivity index (χ2v) is 4.42. The average Bonchev–Trinajstić information content (AvgIpc) is 2.75. The number of halogens is 1. The summed E-state index contributed by atoms with van der Waals surface area (Å²) in [5, 5.41) is 7.70. The van der Waals surface area contributed by atoms with E-state index in [9.17, 15) is 0 Å². The molecule has 92 valence electrons. The number of likely N-dealkylation sites (N-methyl/N-ethyl adjacent to an activating group) is 1. The zero-order valence-electron chi connectivity index (χ0n) is 10.2. The fourth-order valence-corrected chi connectivity index (χ4v) is 2.26. The standard InChI is InChI=1S/C11H20N4.ClH/c1-9-10(6-14(3)13-9)7-15-5-4-11(8-15)12-2;/h6,11-12H,4-5,7-8H2,1-3H3;1H. The first-order chi connectivity index (χ1) is 7.19. The summed E-state index contributed by atoms with van der Waals surface area (Å²) in [4.78, 5) is 2.49. The Bertz CT molecular complexity index is 337. The van der Waals surface area contributed by atoms with E-state index >= 15 is 0 Å². The normalized spacial score (nSPS) is 21.1. The van der Waals surface area contributed by atoms with Crippen LogP contribution in [0.3, 0.4) is 0 Å². The minimum Gasteiger partial charge on any atom is -0.316 e. The summed E-state index contributed by atoms with van der Waals surface area (Å²) in [5.41, 5.74) is 2.51. The van der Waals surface area contributed by atoms with Crippen molar-refractivity contribution in [1.82, 2.24) is 20.0 Å². The smallest absolute Gasteiger partial charge is 0.0638 e. The predicted octanol–water partition coefficient (Wildman–Crippen LogP) is 0.944. The largest absolute Gasteiger partial charge is 0.316 e. The van der Waals surface area contributed by atoms with Crippen LogP contribution in [-0.2, 0) is 13.6 Å². The average molecular weight is 245 g/mol. The van der Waals surface area contributed by atoms with Crippen LogP contribution in [0.1, 0.15) is 17.7 Å². The first-order valence-corrected chi connectivity index (χ1v) is 5.58. The molecule has 1 aromatic rings. The summed E-state index contributed by atoms with van der Waals surface area (Å²) < 4.78 is 1.90. The molecule has 4 nitrogen and oxygen atoms in total. The molecule has 0 radical (unpaired) electrons. The maximum Gasteiger partial charge on any atom is 0.0638 e. The summed E-state index contributed by atoms with van der Waals surface area (Å²) >= 11 is 0. The number of hydrogen-bond donors (Lipinski definition) is 1. The van der Waals surface area contributed by atoms with Gasteiger partial charge >= 0.3 is 0 Å². The van der Waals surface area contributed by atoms with Crippen molar-refractivity contribution in [3.8, 4) is 0 Å². The number of aryl methyl sites for hydroxylation is 2. The third-order valence-corrected chi connectivity index (χ3v) is 3.19. The highest BCUT2D eigenvalue weighted by Crippen LogP contribution is 2.14. The molecule has 0 aromatic carbocycles. The summed E-state index contributed by atoms with van der Waals surface area (Å²) in [6.45, 7) is 5.48. The van der Waals surface area contributed by atoms with E-state index in [1.54, 1.807) is 0 Å². The first-order valence-electron chi connectivity index (χ1n) is 5.58. The molecule has 2 rings (SSSR count). The highest BCUT2D eigenvalue weighted by molar-refractivity contribution is 5.85. The molecule has 16 heavy (non-hydrogen) atoms. The van der Waals surface area contributed by atoms with Crippen LogP contribution in [-0.4, -0.2) is 40.9 Å². The lowest BCUT2D eigenvalue weighted by Gasteiger charge is -2.14. The summed E-state index contributed by atoms with van der Waals surface area (Å²) in [6, 6.07) is 0.668. The van der Waals surface area contributed by atoms with Gasteiger partial charge in [0.25, 0.3) is 0 Å². The lowest BCUT2D eigenvalue weighted by Crippen LogP contribution is -2.29. The first kappa shape index (κ1) is 13.5. The van der Waals surface area contributed by atoms with Crippen molar-refractivity contribution in [2.75, 3.05) is 20.1 Å². The molecule has 1 unspecified atom stereocenters. The number of likely N-dealkylation sites (tertiary alicyclic amines) is 1. The number of rotatable bonds is 3. The van der Waals surface area contributed by atoms with Gasteiger partial charge in [0.15, 0.2) is 0 Å².